The van der Waals surface area contributed by atoms with Gasteiger partial charge in [0.15, 0.2) is 5.75 Å². The van der Waals surface area contributed by atoms with Crippen molar-refractivity contribution in [1.82, 2.24) is 0 Å². The number of hydrogen-bond acceptors (Lipinski definition) is 3. The molecule has 0 amide bonds. The van der Waals surface area contributed by atoms with Crippen LogP contribution in [0.3, 0.4) is 0 Å². The molecule has 1 aliphatic carbocycles. The first kappa shape index (κ1) is 37.6. The summed E-state index contributed by atoms with van der Waals surface area (Å²) in [4.78, 5) is 4.71. The van der Waals surface area contributed by atoms with E-state index < -0.39 is 0 Å². The van der Waals surface area contributed by atoms with Gasteiger partial charge in [-0.25, -0.2) is 0 Å². The zero-order chi connectivity index (χ0) is 42.8. The summed E-state index contributed by atoms with van der Waals surface area (Å²) in [5.41, 5.74) is 18.5. The number of fused-ring (bicyclic) bond motifs is 5. The molecule has 0 saturated heterocycles. The van der Waals surface area contributed by atoms with Gasteiger partial charge in [0, 0.05) is 44.8 Å². The predicted octanol–water partition coefficient (Wildman–Crippen LogP) is 17.2. The molecule has 3 heteroatoms. The molecular weight excluding hydrogens is 777 g/mol. The van der Waals surface area contributed by atoms with Crippen LogP contribution in [0.15, 0.2) is 231 Å². The summed E-state index contributed by atoms with van der Waals surface area (Å²) in [7, 11) is 0. The standard InChI is InChI=1S/C61H44N2O/c1-61(2)55-24-13-12-22-51(55)52-36-34-50(40-56(52)61)62(46-20-10-5-11-21-46)49-35-38-58-54(39-49)53-23-14-19-45-29-37-57(60(64-58)59(45)53)63(47-30-25-43(26-31-47)41-15-6-3-7-16-41)48-32-27-44(28-33-48)42-17-8-4-9-18-42/h3-40H,1-2H3. The Morgan fingerprint density at radius 3 is 1.53 bits per heavy atom. The number of anilines is 6. The van der Waals surface area contributed by atoms with Crippen LogP contribution in [0.1, 0.15) is 25.0 Å². The molecule has 64 heavy (non-hydrogen) atoms. The lowest BCUT2D eigenvalue weighted by atomic mass is 9.82. The summed E-state index contributed by atoms with van der Waals surface area (Å²) in [5.74, 6) is 1.67. The molecule has 0 aromatic heterocycles. The summed E-state index contributed by atoms with van der Waals surface area (Å²) in [6, 6.07) is 83.1. The van der Waals surface area contributed by atoms with E-state index in [0.717, 1.165) is 67.5 Å². The van der Waals surface area contributed by atoms with Gasteiger partial charge in [0.2, 0.25) is 0 Å². The van der Waals surface area contributed by atoms with Crippen LogP contribution in [-0.4, -0.2) is 0 Å². The summed E-state index contributed by atoms with van der Waals surface area (Å²) < 4.78 is 7.20. The molecule has 0 unspecified atom stereocenters. The van der Waals surface area contributed by atoms with E-state index >= 15 is 0 Å². The first-order valence-corrected chi connectivity index (χ1v) is 22.1. The van der Waals surface area contributed by atoms with Gasteiger partial charge in [0.25, 0.3) is 0 Å². The fourth-order valence-corrected chi connectivity index (χ4v) is 10.1. The quantitative estimate of drug-likeness (QED) is 0.152. The lowest BCUT2D eigenvalue weighted by Crippen LogP contribution is -2.16. The molecule has 0 saturated carbocycles. The molecule has 0 atom stereocenters. The van der Waals surface area contributed by atoms with Crippen LogP contribution in [0.4, 0.5) is 34.1 Å². The number of ether oxygens (including phenoxy) is 1. The molecule has 10 aromatic carbocycles. The highest BCUT2D eigenvalue weighted by Gasteiger charge is 2.36. The normalized spacial score (nSPS) is 12.8. The first-order valence-electron chi connectivity index (χ1n) is 22.1. The number of hydrogen-bond donors (Lipinski definition) is 0. The van der Waals surface area contributed by atoms with Crippen LogP contribution in [0.25, 0.3) is 55.3 Å². The molecule has 12 rings (SSSR count). The molecule has 0 fully saturated rings. The predicted molar refractivity (Wildman–Crippen MR) is 267 cm³/mol. The minimum Gasteiger partial charge on any atom is -0.454 e. The van der Waals surface area contributed by atoms with Crippen molar-refractivity contribution >= 4 is 44.9 Å². The van der Waals surface area contributed by atoms with Gasteiger partial charge in [0.05, 0.1) is 5.69 Å². The Hall–Kier alpha value is -8.14. The fraction of sp³-hybridized carbons (Fsp3) is 0.0492. The Morgan fingerprint density at radius 1 is 0.344 bits per heavy atom. The second kappa shape index (κ2) is 15.0. The van der Waals surface area contributed by atoms with Crippen LogP contribution < -0.4 is 14.5 Å². The SMILES string of the molecule is CC1(C)c2ccccc2-c2ccc(N(c3ccccc3)c3ccc4c(c3)-c3cccc5ccc(N(c6ccc(-c7ccccc7)cc6)c6ccc(-c7ccccc7)cc6)c(c35)O4)cc21. The van der Waals surface area contributed by atoms with Crippen LogP contribution >= 0.6 is 0 Å². The van der Waals surface area contributed by atoms with Gasteiger partial charge in [0.1, 0.15) is 5.75 Å². The monoisotopic (exact) mass is 820 g/mol. The van der Waals surface area contributed by atoms with Gasteiger partial charge in [-0.3, -0.25) is 0 Å². The van der Waals surface area contributed by atoms with Crippen LogP contribution in [0.2, 0.25) is 0 Å². The summed E-state index contributed by atoms with van der Waals surface area (Å²) in [5, 5.41) is 2.23. The second-order valence-electron chi connectivity index (χ2n) is 17.3. The van der Waals surface area contributed by atoms with E-state index in [2.05, 4.69) is 254 Å². The highest BCUT2D eigenvalue weighted by atomic mass is 16.5. The Bertz CT molecular complexity index is 3280. The fourth-order valence-electron chi connectivity index (χ4n) is 10.1. The summed E-state index contributed by atoms with van der Waals surface area (Å²) >= 11 is 0. The van der Waals surface area contributed by atoms with Gasteiger partial charge in [-0.05, 0) is 128 Å². The number of benzene rings is 10. The third kappa shape index (κ3) is 6.20. The Labute approximate surface area is 374 Å². The molecule has 304 valence electrons. The van der Waals surface area contributed by atoms with Gasteiger partial charge in [-0.15, -0.1) is 0 Å². The zero-order valence-electron chi connectivity index (χ0n) is 35.7. The first-order chi connectivity index (χ1) is 31.5. The average Bonchev–Trinajstić information content (AvgIpc) is 3.59. The molecule has 10 aromatic rings. The zero-order valence-corrected chi connectivity index (χ0v) is 35.7. The Morgan fingerprint density at radius 2 is 0.859 bits per heavy atom. The van der Waals surface area contributed by atoms with Crippen molar-refractivity contribution in [2.45, 2.75) is 19.3 Å². The van der Waals surface area contributed by atoms with Gasteiger partial charge in [-0.2, -0.15) is 0 Å². The van der Waals surface area contributed by atoms with Crippen molar-refractivity contribution in [3.05, 3.63) is 242 Å². The van der Waals surface area contributed by atoms with Crippen LogP contribution in [-0.2, 0) is 5.41 Å². The maximum atomic E-state index is 7.20. The maximum absolute atomic E-state index is 7.20. The minimum absolute atomic E-state index is 0.118. The number of rotatable bonds is 8. The van der Waals surface area contributed by atoms with Gasteiger partial charge >= 0.3 is 0 Å². The smallest absolute Gasteiger partial charge is 0.159 e. The van der Waals surface area contributed by atoms with Crippen molar-refractivity contribution in [3.8, 4) is 56.0 Å². The van der Waals surface area contributed by atoms with E-state index in [0.29, 0.717) is 0 Å². The van der Waals surface area contributed by atoms with Crippen molar-refractivity contribution in [2.75, 3.05) is 9.80 Å². The third-order valence-electron chi connectivity index (χ3n) is 13.2. The molecule has 0 spiro atoms. The van der Waals surface area contributed by atoms with E-state index in [1.54, 1.807) is 0 Å². The molecule has 0 bridgehead atoms. The van der Waals surface area contributed by atoms with E-state index in [-0.39, 0.29) is 5.41 Å². The molecule has 1 heterocycles. The summed E-state index contributed by atoms with van der Waals surface area (Å²) in [6.07, 6.45) is 0. The molecule has 0 N–H and O–H groups in total. The lowest BCUT2D eigenvalue weighted by molar-refractivity contribution is 0.488. The van der Waals surface area contributed by atoms with Crippen molar-refractivity contribution < 1.29 is 4.74 Å². The molecule has 2 aliphatic rings. The van der Waals surface area contributed by atoms with E-state index in [4.69, 9.17) is 4.74 Å². The average molecular weight is 821 g/mol. The molecule has 1 aliphatic heterocycles. The number of nitrogens with zero attached hydrogens (tertiary/aromatic N) is 2. The highest BCUT2D eigenvalue weighted by molar-refractivity contribution is 6.08. The topological polar surface area (TPSA) is 15.7 Å². The van der Waals surface area contributed by atoms with E-state index in [1.165, 1.54) is 44.5 Å². The third-order valence-corrected chi connectivity index (χ3v) is 13.2. The Balaban J connectivity index is 0.994. The summed E-state index contributed by atoms with van der Waals surface area (Å²) in [6.45, 7) is 4.69. The van der Waals surface area contributed by atoms with Gasteiger partial charge < -0.3 is 14.5 Å². The van der Waals surface area contributed by atoms with E-state index in [9.17, 15) is 0 Å². The minimum atomic E-state index is -0.118. The van der Waals surface area contributed by atoms with Gasteiger partial charge in [-0.1, -0.05) is 172 Å². The van der Waals surface area contributed by atoms with E-state index in [1.807, 2.05) is 0 Å². The number of para-hydroxylation sites is 1. The van der Waals surface area contributed by atoms with Crippen molar-refractivity contribution in [1.29, 1.82) is 0 Å². The largest absolute Gasteiger partial charge is 0.454 e. The van der Waals surface area contributed by atoms with Crippen LogP contribution in [0, 0.1) is 0 Å². The highest BCUT2D eigenvalue weighted by Crippen LogP contribution is 2.55. The van der Waals surface area contributed by atoms with Crippen molar-refractivity contribution in [2.24, 2.45) is 0 Å². The molecule has 0 radical (unpaired) electrons. The molecule has 3 nitrogen and oxygen atoms in total. The van der Waals surface area contributed by atoms with Crippen molar-refractivity contribution in [3.63, 3.8) is 0 Å². The lowest BCUT2D eigenvalue weighted by Gasteiger charge is -2.32. The molecular formula is C61H44N2O. The second-order valence-corrected chi connectivity index (χ2v) is 17.3. The van der Waals surface area contributed by atoms with Crippen LogP contribution in [0.5, 0.6) is 11.5 Å². The Kier molecular flexibility index (Phi) is 8.84. The maximum Gasteiger partial charge on any atom is 0.159 e.